The van der Waals surface area contributed by atoms with Gasteiger partial charge in [0, 0.05) is 73.1 Å². The van der Waals surface area contributed by atoms with Gasteiger partial charge in [-0.25, -0.2) is 9.37 Å². The molecule has 4 aromatic carbocycles. The van der Waals surface area contributed by atoms with Crippen molar-refractivity contribution in [1.82, 2.24) is 14.8 Å². The fraction of sp³-hybridized carbons (Fsp3) is 0.220. The van der Waals surface area contributed by atoms with Gasteiger partial charge < -0.3 is 19.1 Å². The number of hydrogen-bond acceptors (Lipinski definition) is 7. The van der Waals surface area contributed by atoms with Crippen molar-refractivity contribution in [2.75, 3.05) is 32.8 Å². The second-order valence-corrected chi connectivity index (χ2v) is 12.5. The number of rotatable bonds is 14. The molecule has 5 aromatic rings. The van der Waals surface area contributed by atoms with Gasteiger partial charge >= 0.3 is 0 Å². The lowest BCUT2D eigenvalue weighted by molar-refractivity contribution is -0.104. The Balaban J connectivity index is 0.983. The molecule has 1 fully saturated rings. The summed E-state index contributed by atoms with van der Waals surface area (Å²) in [6, 6.07) is 32.3. The Labute approximate surface area is 297 Å². The predicted octanol–water partition coefficient (Wildman–Crippen LogP) is 8.53. The van der Waals surface area contributed by atoms with Crippen LogP contribution in [0, 0.1) is 12.7 Å². The average molecular weight is 692 g/mol. The van der Waals surface area contributed by atoms with E-state index in [0.29, 0.717) is 48.3 Å². The molecule has 9 heteroatoms. The number of carbonyl (C=O) groups excluding carboxylic acids is 1. The molecular weight excluding hydrogens is 653 g/mol. The molecule has 0 radical (unpaired) electrons. The van der Waals surface area contributed by atoms with Gasteiger partial charge in [-0.15, -0.1) is 0 Å². The normalized spacial score (nSPS) is 13.6. The Morgan fingerprint density at radius 3 is 2.38 bits per heavy atom. The van der Waals surface area contributed by atoms with E-state index in [0.717, 1.165) is 43.7 Å². The highest BCUT2D eigenvalue weighted by molar-refractivity contribution is 6.31. The summed E-state index contributed by atoms with van der Waals surface area (Å²) in [6.45, 7) is 6.88. The van der Waals surface area contributed by atoms with Gasteiger partial charge in [0.2, 0.25) is 5.88 Å². The lowest BCUT2D eigenvalue weighted by atomic mass is 10.1. The Hall–Kier alpha value is -5.18. The standard InChI is InChI=1S/C41H39ClFN3O4/c1-30-5-4-7-35(25-30)48-24-18-31-9-11-32(12-10-31)28-45-19-21-46(22-20-45)39(17-23-47)33-13-15-40(38(43)26-33)50-41-16-14-36(27-44-41)49-29-34-6-2-3-8-37(34)42/h2-17,23,25-27H,18-22,24,28-29H2,1H3/b39-17+. The van der Waals surface area contributed by atoms with Crippen LogP contribution in [0.1, 0.15) is 27.8 Å². The molecule has 0 spiro atoms. The maximum Gasteiger partial charge on any atom is 0.219 e. The first kappa shape index (κ1) is 34.7. The molecule has 0 bridgehead atoms. The molecule has 7 nitrogen and oxygen atoms in total. The smallest absolute Gasteiger partial charge is 0.219 e. The largest absolute Gasteiger partial charge is 0.493 e. The maximum atomic E-state index is 15.3. The first-order chi connectivity index (χ1) is 24.4. The third-order valence-electron chi connectivity index (χ3n) is 8.52. The number of benzene rings is 4. The van der Waals surface area contributed by atoms with Crippen molar-refractivity contribution in [2.24, 2.45) is 0 Å². The number of ether oxygens (including phenoxy) is 3. The number of allylic oxidation sites excluding steroid dienone is 1. The Kier molecular flexibility index (Phi) is 11.8. The van der Waals surface area contributed by atoms with E-state index in [2.05, 4.69) is 52.0 Å². The monoisotopic (exact) mass is 691 g/mol. The molecule has 0 N–H and O–H groups in total. The second-order valence-electron chi connectivity index (χ2n) is 12.1. The first-order valence-electron chi connectivity index (χ1n) is 16.6. The van der Waals surface area contributed by atoms with Gasteiger partial charge in [-0.05, 0) is 66.1 Å². The van der Waals surface area contributed by atoms with Crippen molar-refractivity contribution in [3.05, 3.63) is 154 Å². The van der Waals surface area contributed by atoms with Gasteiger partial charge in [-0.3, -0.25) is 9.69 Å². The molecule has 1 aliphatic rings. The Morgan fingerprint density at radius 1 is 0.860 bits per heavy atom. The van der Waals surface area contributed by atoms with E-state index < -0.39 is 5.82 Å². The molecule has 1 aromatic heterocycles. The van der Waals surface area contributed by atoms with E-state index in [9.17, 15) is 4.79 Å². The molecular formula is C41H39ClFN3O4. The van der Waals surface area contributed by atoms with E-state index >= 15 is 4.39 Å². The molecule has 0 aliphatic carbocycles. The number of carbonyl (C=O) groups is 1. The predicted molar refractivity (Wildman–Crippen MR) is 194 cm³/mol. The summed E-state index contributed by atoms with van der Waals surface area (Å²) in [7, 11) is 0. The van der Waals surface area contributed by atoms with Crippen LogP contribution in [-0.4, -0.2) is 53.9 Å². The lowest BCUT2D eigenvalue weighted by Crippen LogP contribution is -2.45. The summed E-state index contributed by atoms with van der Waals surface area (Å²) < 4.78 is 32.7. The van der Waals surface area contributed by atoms with Crippen LogP contribution < -0.4 is 14.2 Å². The summed E-state index contributed by atoms with van der Waals surface area (Å²) >= 11 is 6.20. The fourth-order valence-electron chi connectivity index (χ4n) is 5.80. The molecule has 0 saturated carbocycles. The van der Waals surface area contributed by atoms with Crippen LogP contribution in [0.2, 0.25) is 5.02 Å². The molecule has 0 unspecified atom stereocenters. The maximum absolute atomic E-state index is 15.3. The number of aromatic nitrogens is 1. The second kappa shape index (κ2) is 17.0. The topological polar surface area (TPSA) is 64.1 Å². The Bertz CT molecular complexity index is 1910. The minimum atomic E-state index is -0.552. The molecule has 2 heterocycles. The number of hydrogen-bond donors (Lipinski definition) is 0. The first-order valence-corrected chi connectivity index (χ1v) is 17.0. The summed E-state index contributed by atoms with van der Waals surface area (Å²) in [4.78, 5) is 20.4. The highest BCUT2D eigenvalue weighted by Gasteiger charge is 2.21. The quantitative estimate of drug-likeness (QED) is 0.0855. The zero-order chi connectivity index (χ0) is 34.7. The minimum Gasteiger partial charge on any atom is -0.493 e. The molecule has 1 aliphatic heterocycles. The van der Waals surface area contributed by atoms with Gasteiger partial charge in [0.15, 0.2) is 11.6 Å². The van der Waals surface area contributed by atoms with Crippen molar-refractivity contribution in [2.45, 2.75) is 26.5 Å². The van der Waals surface area contributed by atoms with Crippen LogP contribution in [0.15, 0.2) is 115 Å². The van der Waals surface area contributed by atoms with Crippen LogP contribution in [0.4, 0.5) is 4.39 Å². The van der Waals surface area contributed by atoms with Crippen LogP contribution in [-0.2, 0) is 24.4 Å². The number of halogens is 2. The third kappa shape index (κ3) is 9.49. The molecule has 256 valence electrons. The molecule has 6 rings (SSSR count). The van der Waals surface area contributed by atoms with Crippen molar-refractivity contribution in [1.29, 1.82) is 0 Å². The summed E-state index contributed by atoms with van der Waals surface area (Å²) in [5.74, 6) is 1.14. The van der Waals surface area contributed by atoms with E-state index in [4.69, 9.17) is 25.8 Å². The van der Waals surface area contributed by atoms with E-state index in [1.807, 2.05) is 36.4 Å². The molecule has 0 amide bonds. The van der Waals surface area contributed by atoms with E-state index in [-0.39, 0.29) is 11.6 Å². The van der Waals surface area contributed by atoms with Crippen molar-refractivity contribution in [3.63, 3.8) is 0 Å². The van der Waals surface area contributed by atoms with Crippen LogP contribution in [0.5, 0.6) is 23.1 Å². The van der Waals surface area contributed by atoms with E-state index in [1.165, 1.54) is 35.0 Å². The molecule has 0 atom stereocenters. The summed E-state index contributed by atoms with van der Waals surface area (Å²) in [6.07, 6.45) is 4.60. The van der Waals surface area contributed by atoms with Crippen molar-refractivity contribution >= 4 is 23.6 Å². The van der Waals surface area contributed by atoms with Gasteiger partial charge in [0.05, 0.1) is 12.8 Å². The zero-order valence-electron chi connectivity index (χ0n) is 27.9. The van der Waals surface area contributed by atoms with Crippen LogP contribution >= 0.6 is 11.6 Å². The summed E-state index contributed by atoms with van der Waals surface area (Å²) in [5, 5.41) is 0.627. The minimum absolute atomic E-state index is 0.0334. The van der Waals surface area contributed by atoms with Crippen LogP contribution in [0.3, 0.4) is 0 Å². The highest BCUT2D eigenvalue weighted by Crippen LogP contribution is 2.29. The van der Waals surface area contributed by atoms with Crippen molar-refractivity contribution < 1.29 is 23.4 Å². The third-order valence-corrected chi connectivity index (χ3v) is 8.89. The van der Waals surface area contributed by atoms with Crippen LogP contribution in [0.25, 0.3) is 5.70 Å². The SMILES string of the molecule is Cc1cccc(OCCc2ccc(CN3CCN(/C(=C/C=O)c4ccc(Oc5ccc(OCc6ccccc6Cl)cn5)c(F)c4)CC3)cc2)c1. The summed E-state index contributed by atoms with van der Waals surface area (Å²) in [5.41, 5.74) is 5.82. The van der Waals surface area contributed by atoms with E-state index in [1.54, 1.807) is 30.3 Å². The number of nitrogens with zero attached hydrogens (tertiary/aromatic N) is 3. The number of pyridine rings is 1. The molecule has 1 saturated heterocycles. The van der Waals surface area contributed by atoms with Gasteiger partial charge in [0.25, 0.3) is 0 Å². The fourth-order valence-corrected chi connectivity index (χ4v) is 5.99. The van der Waals surface area contributed by atoms with Gasteiger partial charge in [-0.2, -0.15) is 0 Å². The molecule has 50 heavy (non-hydrogen) atoms. The number of piperazine rings is 1. The van der Waals surface area contributed by atoms with Gasteiger partial charge in [0.1, 0.15) is 24.4 Å². The Morgan fingerprint density at radius 2 is 1.66 bits per heavy atom. The van der Waals surface area contributed by atoms with Gasteiger partial charge in [-0.1, -0.05) is 66.2 Å². The van der Waals surface area contributed by atoms with Crippen molar-refractivity contribution in [3.8, 4) is 23.1 Å². The highest BCUT2D eigenvalue weighted by atomic mass is 35.5. The lowest BCUT2D eigenvalue weighted by Gasteiger charge is -2.37. The average Bonchev–Trinajstić information content (AvgIpc) is 3.13. The zero-order valence-corrected chi connectivity index (χ0v) is 28.7. The number of aldehydes is 1. The number of aryl methyl sites for hydroxylation is 1.